The zero-order chi connectivity index (χ0) is 11.5. The summed E-state index contributed by atoms with van der Waals surface area (Å²) in [6.45, 7) is 1.58. The van der Waals surface area contributed by atoms with E-state index in [1.54, 1.807) is 6.07 Å². The Balaban J connectivity index is 1.97. The number of nitrogens with one attached hydrogen (secondary N) is 1. The lowest BCUT2D eigenvalue weighted by Gasteiger charge is -2.04. The second-order valence-electron chi connectivity index (χ2n) is 4.15. The Labute approximate surface area is 93.2 Å². The highest BCUT2D eigenvalue weighted by Gasteiger charge is 2.20. The van der Waals surface area contributed by atoms with E-state index in [4.69, 9.17) is 0 Å². The van der Waals surface area contributed by atoms with E-state index in [0.717, 1.165) is 18.0 Å². The van der Waals surface area contributed by atoms with Gasteiger partial charge in [-0.1, -0.05) is 6.07 Å². The molecular formula is C11H14N2O3. The average molecular weight is 222 g/mol. The number of nitro groups is 1. The van der Waals surface area contributed by atoms with Gasteiger partial charge in [0, 0.05) is 12.6 Å². The first-order chi connectivity index (χ1) is 7.66. The van der Waals surface area contributed by atoms with Crippen molar-refractivity contribution in [1.82, 2.24) is 5.32 Å². The molecule has 0 unspecified atom stereocenters. The molecule has 0 heterocycles. The Kier molecular flexibility index (Phi) is 3.05. The first-order valence-electron chi connectivity index (χ1n) is 5.34. The smallest absolute Gasteiger partial charge is 0.311 e. The third kappa shape index (κ3) is 2.70. The molecule has 1 aliphatic carbocycles. The fraction of sp³-hybridized carbons (Fsp3) is 0.455. The summed E-state index contributed by atoms with van der Waals surface area (Å²) < 4.78 is 0. The van der Waals surface area contributed by atoms with Crippen LogP contribution in [0.5, 0.6) is 5.75 Å². The number of phenols is 1. The molecule has 1 fully saturated rings. The van der Waals surface area contributed by atoms with Gasteiger partial charge in [0.1, 0.15) is 0 Å². The van der Waals surface area contributed by atoms with Gasteiger partial charge in [0.25, 0.3) is 0 Å². The molecule has 5 nitrogen and oxygen atoms in total. The number of phenolic OH excluding ortho intramolecular Hbond substituents is 1. The summed E-state index contributed by atoms with van der Waals surface area (Å²) in [6, 6.07) is 4.48. The van der Waals surface area contributed by atoms with Gasteiger partial charge in [-0.3, -0.25) is 10.1 Å². The largest absolute Gasteiger partial charge is 0.502 e. The third-order valence-corrected chi connectivity index (χ3v) is 2.70. The predicted molar refractivity (Wildman–Crippen MR) is 59.2 cm³/mol. The number of rotatable bonds is 5. The van der Waals surface area contributed by atoms with Crippen molar-refractivity contribution >= 4 is 5.69 Å². The molecule has 1 aromatic carbocycles. The van der Waals surface area contributed by atoms with Crippen molar-refractivity contribution in [2.75, 3.05) is 6.54 Å². The molecule has 5 heteroatoms. The van der Waals surface area contributed by atoms with Gasteiger partial charge in [-0.15, -0.1) is 0 Å². The molecule has 0 bridgehead atoms. The first kappa shape index (κ1) is 10.9. The van der Waals surface area contributed by atoms with Crippen LogP contribution in [0.25, 0.3) is 0 Å². The molecule has 0 aliphatic heterocycles. The number of nitro benzene ring substituents is 1. The maximum atomic E-state index is 10.6. The van der Waals surface area contributed by atoms with Crippen molar-refractivity contribution in [3.8, 4) is 5.75 Å². The van der Waals surface area contributed by atoms with E-state index in [1.807, 2.05) is 0 Å². The van der Waals surface area contributed by atoms with Crippen molar-refractivity contribution in [3.63, 3.8) is 0 Å². The molecule has 0 atom stereocenters. The number of hydrogen-bond acceptors (Lipinski definition) is 4. The molecule has 86 valence electrons. The van der Waals surface area contributed by atoms with Crippen molar-refractivity contribution in [1.29, 1.82) is 0 Å². The second kappa shape index (κ2) is 4.49. The van der Waals surface area contributed by atoms with Crippen LogP contribution in [-0.2, 0) is 6.54 Å². The lowest BCUT2D eigenvalue weighted by molar-refractivity contribution is -0.385. The molecule has 0 saturated heterocycles. The quantitative estimate of drug-likeness (QED) is 0.588. The molecule has 16 heavy (non-hydrogen) atoms. The van der Waals surface area contributed by atoms with E-state index in [0.29, 0.717) is 6.54 Å². The molecule has 0 amide bonds. The summed E-state index contributed by atoms with van der Waals surface area (Å²) in [5, 5.41) is 23.1. The van der Waals surface area contributed by atoms with Gasteiger partial charge in [-0.25, -0.2) is 0 Å². The molecule has 0 spiro atoms. The van der Waals surface area contributed by atoms with Crippen LogP contribution in [-0.4, -0.2) is 16.6 Å². The van der Waals surface area contributed by atoms with Crippen LogP contribution >= 0.6 is 0 Å². The second-order valence-corrected chi connectivity index (χ2v) is 4.15. The van der Waals surface area contributed by atoms with Gasteiger partial charge in [0.2, 0.25) is 0 Å². The Bertz CT molecular complexity index is 402. The molecule has 1 aromatic rings. The van der Waals surface area contributed by atoms with Gasteiger partial charge < -0.3 is 10.4 Å². The minimum atomic E-state index is -0.570. The van der Waals surface area contributed by atoms with Crippen LogP contribution in [0.4, 0.5) is 5.69 Å². The maximum Gasteiger partial charge on any atom is 0.311 e. The summed E-state index contributed by atoms with van der Waals surface area (Å²) in [4.78, 5) is 10.0. The highest BCUT2D eigenvalue weighted by Crippen LogP contribution is 2.28. The highest BCUT2D eigenvalue weighted by molar-refractivity contribution is 5.47. The Hall–Kier alpha value is -1.62. The normalized spacial score (nSPS) is 15.0. The zero-order valence-corrected chi connectivity index (χ0v) is 8.85. The van der Waals surface area contributed by atoms with E-state index in [9.17, 15) is 15.2 Å². The van der Waals surface area contributed by atoms with Crippen molar-refractivity contribution in [3.05, 3.63) is 33.9 Å². The van der Waals surface area contributed by atoms with E-state index in [1.165, 1.54) is 25.0 Å². The highest BCUT2D eigenvalue weighted by atomic mass is 16.6. The monoisotopic (exact) mass is 222 g/mol. The van der Waals surface area contributed by atoms with Gasteiger partial charge in [-0.05, 0) is 36.9 Å². The topological polar surface area (TPSA) is 75.4 Å². The Morgan fingerprint density at radius 1 is 1.50 bits per heavy atom. The predicted octanol–water partition coefficient (Wildman–Crippen LogP) is 1.80. The molecule has 0 aromatic heterocycles. The number of nitrogens with zero attached hydrogens (tertiary/aromatic N) is 1. The van der Waals surface area contributed by atoms with Crippen LogP contribution in [0.1, 0.15) is 18.4 Å². The average Bonchev–Trinajstić information content (AvgIpc) is 3.04. The van der Waals surface area contributed by atoms with E-state index < -0.39 is 4.92 Å². The summed E-state index contributed by atoms with van der Waals surface area (Å²) in [7, 11) is 0. The van der Waals surface area contributed by atoms with Crippen LogP contribution < -0.4 is 5.32 Å². The van der Waals surface area contributed by atoms with Gasteiger partial charge in [0.05, 0.1) is 4.92 Å². The van der Waals surface area contributed by atoms with E-state index >= 15 is 0 Å². The molecule has 2 rings (SSSR count). The van der Waals surface area contributed by atoms with Gasteiger partial charge in [-0.2, -0.15) is 0 Å². The summed E-state index contributed by atoms with van der Waals surface area (Å²) in [5.74, 6) is 0.503. The molecule has 1 saturated carbocycles. The van der Waals surface area contributed by atoms with Crippen molar-refractivity contribution < 1.29 is 10.0 Å². The zero-order valence-electron chi connectivity index (χ0n) is 8.85. The maximum absolute atomic E-state index is 10.6. The first-order valence-corrected chi connectivity index (χ1v) is 5.34. The summed E-state index contributed by atoms with van der Waals surface area (Å²) in [6.07, 6.45) is 2.56. The van der Waals surface area contributed by atoms with Crippen molar-refractivity contribution in [2.24, 2.45) is 5.92 Å². The lowest BCUT2D eigenvalue weighted by Crippen LogP contribution is -2.16. The number of benzene rings is 1. The fourth-order valence-electron chi connectivity index (χ4n) is 1.57. The molecule has 1 aliphatic rings. The molecular weight excluding hydrogens is 208 g/mol. The van der Waals surface area contributed by atoms with E-state index in [-0.39, 0.29) is 11.4 Å². The van der Waals surface area contributed by atoms with E-state index in [2.05, 4.69) is 5.32 Å². The van der Waals surface area contributed by atoms with Crippen molar-refractivity contribution in [2.45, 2.75) is 19.4 Å². The number of hydrogen-bond donors (Lipinski definition) is 2. The number of aromatic hydroxyl groups is 1. The minimum absolute atomic E-state index is 0.231. The molecule has 0 radical (unpaired) electrons. The third-order valence-electron chi connectivity index (χ3n) is 2.70. The summed E-state index contributed by atoms with van der Waals surface area (Å²) >= 11 is 0. The summed E-state index contributed by atoms with van der Waals surface area (Å²) in [5.41, 5.74) is 0.593. The minimum Gasteiger partial charge on any atom is -0.502 e. The Morgan fingerprint density at radius 3 is 2.88 bits per heavy atom. The van der Waals surface area contributed by atoms with Crippen LogP contribution in [0, 0.1) is 16.0 Å². The van der Waals surface area contributed by atoms with Gasteiger partial charge >= 0.3 is 5.69 Å². The van der Waals surface area contributed by atoms with Gasteiger partial charge in [0.15, 0.2) is 5.75 Å². The van der Waals surface area contributed by atoms with Crippen LogP contribution in [0.15, 0.2) is 18.2 Å². The SMILES string of the molecule is O=[N+]([O-])c1cc(CNCC2CC2)ccc1O. The lowest BCUT2D eigenvalue weighted by atomic mass is 10.2. The molecule has 2 N–H and O–H groups in total. The van der Waals surface area contributed by atoms with Crippen LogP contribution in [0.3, 0.4) is 0 Å². The Morgan fingerprint density at radius 2 is 2.25 bits per heavy atom. The van der Waals surface area contributed by atoms with Crippen LogP contribution in [0.2, 0.25) is 0 Å². The standard InChI is InChI=1S/C11H14N2O3/c14-11-4-3-9(5-10(11)13(15)16)7-12-6-8-1-2-8/h3-5,8,12,14H,1-2,6-7H2. The fourth-order valence-corrected chi connectivity index (χ4v) is 1.57.